The monoisotopic (exact) mass is 268 g/mol. The van der Waals surface area contributed by atoms with Crippen LogP contribution < -0.4 is 15.8 Å². The lowest BCUT2D eigenvalue weighted by Gasteiger charge is -2.17. The SMILES string of the molecule is NC(=O)C(Nc1ccccc1)c1ccc2c(c1)CCO2. The van der Waals surface area contributed by atoms with E-state index in [0.29, 0.717) is 6.61 Å². The minimum atomic E-state index is -0.539. The summed E-state index contributed by atoms with van der Waals surface area (Å²) in [6, 6.07) is 14.8. The van der Waals surface area contributed by atoms with Gasteiger partial charge < -0.3 is 15.8 Å². The third-order valence-electron chi connectivity index (χ3n) is 3.42. The predicted octanol–water partition coefficient (Wildman–Crippen LogP) is 2.26. The molecular weight excluding hydrogens is 252 g/mol. The molecule has 1 aliphatic heterocycles. The lowest BCUT2D eigenvalue weighted by atomic mass is 10.0. The van der Waals surface area contributed by atoms with Crippen LogP contribution in [0.5, 0.6) is 5.75 Å². The molecule has 1 heterocycles. The Kier molecular flexibility index (Phi) is 3.29. The first-order valence-corrected chi connectivity index (χ1v) is 6.60. The molecule has 2 aromatic rings. The number of hydrogen-bond acceptors (Lipinski definition) is 3. The number of amides is 1. The van der Waals surface area contributed by atoms with E-state index in [-0.39, 0.29) is 0 Å². The number of carbonyl (C=O) groups is 1. The molecule has 1 amide bonds. The van der Waals surface area contributed by atoms with Crippen LogP contribution >= 0.6 is 0 Å². The summed E-state index contributed by atoms with van der Waals surface area (Å²) in [7, 11) is 0. The minimum Gasteiger partial charge on any atom is -0.493 e. The summed E-state index contributed by atoms with van der Waals surface area (Å²) < 4.78 is 5.48. The van der Waals surface area contributed by atoms with Crippen LogP contribution in [0.3, 0.4) is 0 Å². The number of hydrogen-bond donors (Lipinski definition) is 2. The van der Waals surface area contributed by atoms with Gasteiger partial charge in [-0.2, -0.15) is 0 Å². The van der Waals surface area contributed by atoms with E-state index in [4.69, 9.17) is 10.5 Å². The number of carbonyl (C=O) groups excluding carboxylic acids is 1. The van der Waals surface area contributed by atoms with Gasteiger partial charge in [-0.15, -0.1) is 0 Å². The van der Waals surface area contributed by atoms with E-state index >= 15 is 0 Å². The van der Waals surface area contributed by atoms with E-state index < -0.39 is 11.9 Å². The molecule has 0 aliphatic carbocycles. The number of ether oxygens (including phenoxy) is 1. The van der Waals surface area contributed by atoms with Gasteiger partial charge in [-0.05, 0) is 35.4 Å². The average Bonchev–Trinajstić information content (AvgIpc) is 2.93. The molecule has 0 saturated carbocycles. The molecular formula is C16H16N2O2. The van der Waals surface area contributed by atoms with Gasteiger partial charge in [0.25, 0.3) is 0 Å². The van der Waals surface area contributed by atoms with Crippen molar-refractivity contribution in [1.82, 2.24) is 0 Å². The van der Waals surface area contributed by atoms with Crippen LogP contribution in [-0.4, -0.2) is 12.5 Å². The highest BCUT2D eigenvalue weighted by molar-refractivity contribution is 5.84. The number of primary amides is 1. The van der Waals surface area contributed by atoms with Crippen molar-refractivity contribution >= 4 is 11.6 Å². The van der Waals surface area contributed by atoms with E-state index in [1.807, 2.05) is 48.5 Å². The molecule has 4 nitrogen and oxygen atoms in total. The summed E-state index contributed by atoms with van der Waals surface area (Å²) in [6.45, 7) is 0.701. The molecule has 0 saturated heterocycles. The molecule has 0 bridgehead atoms. The normalized spacial score (nSPS) is 14.2. The number of nitrogens with one attached hydrogen (secondary N) is 1. The molecule has 1 unspecified atom stereocenters. The molecule has 1 atom stereocenters. The summed E-state index contributed by atoms with van der Waals surface area (Å²) in [4.78, 5) is 11.7. The predicted molar refractivity (Wildman–Crippen MR) is 77.6 cm³/mol. The van der Waals surface area contributed by atoms with Crippen LogP contribution in [0.2, 0.25) is 0 Å². The Morgan fingerprint density at radius 1 is 1.20 bits per heavy atom. The van der Waals surface area contributed by atoms with Crippen LogP contribution in [0.15, 0.2) is 48.5 Å². The van der Waals surface area contributed by atoms with Crippen LogP contribution in [0.1, 0.15) is 17.2 Å². The van der Waals surface area contributed by atoms with E-state index in [9.17, 15) is 4.79 Å². The van der Waals surface area contributed by atoms with Gasteiger partial charge in [0, 0.05) is 12.1 Å². The number of nitrogens with two attached hydrogens (primary N) is 1. The second kappa shape index (κ2) is 5.25. The van der Waals surface area contributed by atoms with Crippen molar-refractivity contribution in [2.75, 3.05) is 11.9 Å². The fraction of sp³-hybridized carbons (Fsp3) is 0.188. The summed E-state index contributed by atoms with van der Waals surface area (Å²) in [6.07, 6.45) is 0.875. The Morgan fingerprint density at radius 2 is 2.00 bits per heavy atom. The quantitative estimate of drug-likeness (QED) is 0.894. The van der Waals surface area contributed by atoms with Crippen LogP contribution in [0, 0.1) is 0 Å². The smallest absolute Gasteiger partial charge is 0.244 e. The maximum atomic E-state index is 11.7. The van der Waals surface area contributed by atoms with Gasteiger partial charge in [0.1, 0.15) is 11.8 Å². The van der Waals surface area contributed by atoms with Crippen molar-refractivity contribution in [1.29, 1.82) is 0 Å². The van der Waals surface area contributed by atoms with Gasteiger partial charge in [-0.3, -0.25) is 4.79 Å². The van der Waals surface area contributed by atoms with E-state index in [1.165, 1.54) is 0 Å². The van der Waals surface area contributed by atoms with Crippen LogP contribution in [-0.2, 0) is 11.2 Å². The van der Waals surface area contributed by atoms with Crippen molar-refractivity contribution in [2.45, 2.75) is 12.5 Å². The third-order valence-corrected chi connectivity index (χ3v) is 3.42. The van der Waals surface area contributed by atoms with Crippen molar-refractivity contribution < 1.29 is 9.53 Å². The Balaban J connectivity index is 1.89. The molecule has 20 heavy (non-hydrogen) atoms. The number of fused-ring (bicyclic) bond motifs is 1. The molecule has 4 heteroatoms. The molecule has 3 N–H and O–H groups in total. The van der Waals surface area contributed by atoms with Crippen molar-refractivity contribution in [3.8, 4) is 5.75 Å². The molecule has 2 aromatic carbocycles. The Bertz CT molecular complexity index is 626. The Labute approximate surface area is 117 Å². The molecule has 0 spiro atoms. The maximum Gasteiger partial charge on any atom is 0.244 e. The standard InChI is InChI=1S/C16H16N2O2/c17-16(19)15(18-13-4-2-1-3-5-13)12-6-7-14-11(10-12)8-9-20-14/h1-7,10,15,18H,8-9H2,(H2,17,19). The maximum absolute atomic E-state index is 11.7. The number of anilines is 1. The van der Waals surface area contributed by atoms with Gasteiger partial charge in [0.2, 0.25) is 5.91 Å². The highest BCUT2D eigenvalue weighted by atomic mass is 16.5. The zero-order valence-corrected chi connectivity index (χ0v) is 11.0. The summed E-state index contributed by atoms with van der Waals surface area (Å²) in [5.41, 5.74) is 8.39. The van der Waals surface area contributed by atoms with Gasteiger partial charge in [-0.25, -0.2) is 0 Å². The largest absolute Gasteiger partial charge is 0.493 e. The highest BCUT2D eigenvalue weighted by Gasteiger charge is 2.20. The zero-order valence-electron chi connectivity index (χ0n) is 11.0. The third kappa shape index (κ3) is 2.45. The van der Waals surface area contributed by atoms with Crippen molar-refractivity contribution in [3.63, 3.8) is 0 Å². The zero-order chi connectivity index (χ0) is 13.9. The number of benzene rings is 2. The molecule has 0 radical (unpaired) electrons. The minimum absolute atomic E-state index is 0.396. The molecule has 0 aromatic heterocycles. The fourth-order valence-electron chi connectivity index (χ4n) is 2.41. The fourth-order valence-corrected chi connectivity index (χ4v) is 2.41. The second-order valence-electron chi connectivity index (χ2n) is 4.81. The van der Waals surface area contributed by atoms with E-state index in [0.717, 1.165) is 29.0 Å². The Morgan fingerprint density at radius 3 is 2.75 bits per heavy atom. The average molecular weight is 268 g/mol. The van der Waals surface area contributed by atoms with Crippen molar-refractivity contribution in [2.24, 2.45) is 5.73 Å². The molecule has 1 aliphatic rings. The van der Waals surface area contributed by atoms with Crippen molar-refractivity contribution in [3.05, 3.63) is 59.7 Å². The Hall–Kier alpha value is -2.49. The summed E-state index contributed by atoms with van der Waals surface area (Å²) in [5, 5.41) is 3.17. The molecule has 0 fully saturated rings. The van der Waals surface area contributed by atoms with E-state index in [2.05, 4.69) is 5.32 Å². The highest BCUT2D eigenvalue weighted by Crippen LogP contribution is 2.29. The first-order valence-electron chi connectivity index (χ1n) is 6.60. The lowest BCUT2D eigenvalue weighted by molar-refractivity contribution is -0.118. The summed E-state index contributed by atoms with van der Waals surface area (Å²) >= 11 is 0. The van der Waals surface area contributed by atoms with E-state index in [1.54, 1.807) is 0 Å². The first kappa shape index (κ1) is 12.5. The first-order chi connectivity index (χ1) is 9.74. The van der Waals surface area contributed by atoms with Gasteiger partial charge in [0.15, 0.2) is 0 Å². The van der Waals surface area contributed by atoms with Crippen LogP contribution in [0.4, 0.5) is 5.69 Å². The number of para-hydroxylation sites is 1. The topological polar surface area (TPSA) is 64.4 Å². The lowest BCUT2D eigenvalue weighted by Crippen LogP contribution is -2.27. The number of rotatable bonds is 4. The van der Waals surface area contributed by atoms with Gasteiger partial charge >= 0.3 is 0 Å². The molecule has 102 valence electrons. The summed E-state index contributed by atoms with van der Waals surface area (Å²) in [5.74, 6) is 0.504. The van der Waals surface area contributed by atoms with Gasteiger partial charge in [-0.1, -0.05) is 24.3 Å². The second-order valence-corrected chi connectivity index (χ2v) is 4.81. The van der Waals surface area contributed by atoms with Gasteiger partial charge in [0.05, 0.1) is 6.61 Å². The van der Waals surface area contributed by atoms with Crippen LogP contribution in [0.25, 0.3) is 0 Å². The molecule has 3 rings (SSSR count).